The lowest BCUT2D eigenvalue weighted by molar-refractivity contribution is 0.0949. The first-order valence-corrected chi connectivity index (χ1v) is 8.35. The minimum absolute atomic E-state index is 0.000930. The summed E-state index contributed by atoms with van der Waals surface area (Å²) in [6, 6.07) is 11.5. The van der Waals surface area contributed by atoms with Gasteiger partial charge in [-0.05, 0) is 42.7 Å². The normalized spacial score (nSPS) is 10.2. The predicted molar refractivity (Wildman–Crippen MR) is 94.9 cm³/mol. The van der Waals surface area contributed by atoms with E-state index in [1.165, 1.54) is 30.3 Å². The molecule has 0 atom stereocenters. The molecule has 0 bridgehead atoms. The lowest BCUT2D eigenvalue weighted by atomic mass is 10.1. The molecular weight excluding hydrogens is 340 g/mol. The van der Waals surface area contributed by atoms with Gasteiger partial charge in [0.15, 0.2) is 0 Å². The maximum atomic E-state index is 13.4. The molecule has 0 aromatic heterocycles. The molecule has 0 radical (unpaired) electrons. The van der Waals surface area contributed by atoms with Gasteiger partial charge >= 0.3 is 6.03 Å². The third-order valence-corrected chi connectivity index (χ3v) is 3.66. The highest BCUT2D eigenvalue weighted by Crippen LogP contribution is 2.05. The molecule has 2 aromatic rings. The van der Waals surface area contributed by atoms with E-state index < -0.39 is 11.7 Å². The molecule has 2 aromatic carbocycles. The van der Waals surface area contributed by atoms with Crippen LogP contribution in [0.4, 0.5) is 13.6 Å². The van der Waals surface area contributed by atoms with Crippen LogP contribution < -0.4 is 16.0 Å². The van der Waals surface area contributed by atoms with Gasteiger partial charge in [0.2, 0.25) is 0 Å². The number of amides is 3. The van der Waals surface area contributed by atoms with Crippen LogP contribution in [0.1, 0.15) is 22.3 Å². The Labute approximate surface area is 150 Å². The van der Waals surface area contributed by atoms with Gasteiger partial charge in [0.25, 0.3) is 5.91 Å². The number of hydrogen-bond donors (Lipinski definition) is 3. The van der Waals surface area contributed by atoms with Gasteiger partial charge in [-0.1, -0.05) is 24.3 Å². The summed E-state index contributed by atoms with van der Waals surface area (Å²) in [6.07, 6.45) is 1.12. The van der Waals surface area contributed by atoms with Crippen molar-refractivity contribution in [2.45, 2.75) is 12.8 Å². The fourth-order valence-corrected chi connectivity index (χ4v) is 2.27. The largest absolute Gasteiger partial charge is 0.352 e. The van der Waals surface area contributed by atoms with Crippen LogP contribution in [0.2, 0.25) is 0 Å². The molecule has 138 valence electrons. The number of nitrogens with one attached hydrogen (secondary N) is 3. The first-order valence-electron chi connectivity index (χ1n) is 8.35. The average molecular weight is 361 g/mol. The van der Waals surface area contributed by atoms with Crippen molar-refractivity contribution in [2.75, 3.05) is 19.6 Å². The van der Waals surface area contributed by atoms with E-state index in [2.05, 4.69) is 16.0 Å². The number of carbonyl (C=O) groups excluding carboxylic acids is 2. The van der Waals surface area contributed by atoms with Crippen molar-refractivity contribution in [1.82, 2.24) is 16.0 Å². The van der Waals surface area contributed by atoms with E-state index in [0.717, 1.165) is 5.56 Å². The van der Waals surface area contributed by atoms with Gasteiger partial charge in [-0.15, -0.1) is 0 Å². The monoisotopic (exact) mass is 361 g/mol. The van der Waals surface area contributed by atoms with Crippen molar-refractivity contribution in [2.24, 2.45) is 0 Å². The molecule has 0 aliphatic heterocycles. The van der Waals surface area contributed by atoms with E-state index in [0.29, 0.717) is 32.5 Å². The van der Waals surface area contributed by atoms with Crippen LogP contribution in [0, 0.1) is 11.6 Å². The molecule has 0 unspecified atom stereocenters. The first kappa shape index (κ1) is 19.4. The van der Waals surface area contributed by atoms with E-state index in [1.54, 1.807) is 18.2 Å². The van der Waals surface area contributed by atoms with Crippen LogP contribution in [-0.4, -0.2) is 31.6 Å². The number of benzene rings is 2. The first-order chi connectivity index (χ1) is 12.6. The summed E-state index contributed by atoms with van der Waals surface area (Å²) < 4.78 is 26.2. The van der Waals surface area contributed by atoms with Gasteiger partial charge in [-0.3, -0.25) is 4.79 Å². The third-order valence-electron chi connectivity index (χ3n) is 3.66. The van der Waals surface area contributed by atoms with Crippen molar-refractivity contribution in [3.05, 3.63) is 71.3 Å². The Bertz CT molecular complexity index is 736. The molecule has 2 rings (SSSR count). The van der Waals surface area contributed by atoms with Crippen LogP contribution in [0.3, 0.4) is 0 Å². The zero-order valence-electron chi connectivity index (χ0n) is 14.2. The smallest absolute Gasteiger partial charge is 0.314 e. The van der Waals surface area contributed by atoms with E-state index in [9.17, 15) is 18.4 Å². The second-order valence-corrected chi connectivity index (χ2v) is 5.65. The zero-order valence-corrected chi connectivity index (χ0v) is 14.2. The fraction of sp³-hybridized carbons (Fsp3) is 0.263. The Hall–Kier alpha value is -2.96. The summed E-state index contributed by atoms with van der Waals surface area (Å²) in [5, 5.41) is 7.97. The van der Waals surface area contributed by atoms with Gasteiger partial charge in [0, 0.05) is 19.6 Å². The maximum absolute atomic E-state index is 13.4. The lowest BCUT2D eigenvalue weighted by Gasteiger charge is -2.09. The van der Waals surface area contributed by atoms with E-state index >= 15 is 0 Å². The Kier molecular flexibility index (Phi) is 7.54. The molecular formula is C19H21F2N3O2. The third kappa shape index (κ3) is 6.51. The summed E-state index contributed by atoms with van der Waals surface area (Å²) in [5.74, 6) is -1.34. The van der Waals surface area contributed by atoms with Crippen LogP contribution in [-0.2, 0) is 6.42 Å². The topological polar surface area (TPSA) is 70.2 Å². The molecule has 0 saturated carbocycles. The summed E-state index contributed by atoms with van der Waals surface area (Å²) in [5.41, 5.74) is 0.932. The molecule has 0 spiro atoms. The zero-order chi connectivity index (χ0) is 18.8. The van der Waals surface area contributed by atoms with Crippen molar-refractivity contribution >= 4 is 11.9 Å². The highest BCUT2D eigenvalue weighted by atomic mass is 19.1. The standard InChI is InChI=1S/C19H21F2N3O2/c20-15-8-6-14(7-9-15)10-13-24-19(26)23-12-3-11-22-18(25)16-4-1-2-5-17(16)21/h1-2,4-9H,3,10-13H2,(H,22,25)(H2,23,24,26). The molecule has 0 aliphatic rings. The molecule has 0 heterocycles. The maximum Gasteiger partial charge on any atom is 0.314 e. The van der Waals surface area contributed by atoms with Gasteiger partial charge in [-0.2, -0.15) is 0 Å². The molecule has 3 N–H and O–H groups in total. The molecule has 0 saturated heterocycles. The van der Waals surface area contributed by atoms with Gasteiger partial charge in [0.1, 0.15) is 11.6 Å². The highest BCUT2D eigenvalue weighted by Gasteiger charge is 2.09. The highest BCUT2D eigenvalue weighted by molar-refractivity contribution is 5.94. The van der Waals surface area contributed by atoms with Crippen molar-refractivity contribution < 1.29 is 18.4 Å². The van der Waals surface area contributed by atoms with Crippen LogP contribution in [0.5, 0.6) is 0 Å². The number of hydrogen-bond acceptors (Lipinski definition) is 2. The Morgan fingerprint density at radius 2 is 1.46 bits per heavy atom. The number of rotatable bonds is 8. The second-order valence-electron chi connectivity index (χ2n) is 5.65. The minimum Gasteiger partial charge on any atom is -0.352 e. The van der Waals surface area contributed by atoms with Crippen molar-refractivity contribution in [3.8, 4) is 0 Å². The SMILES string of the molecule is O=C(NCCCNC(=O)c1ccccc1F)NCCc1ccc(F)cc1. The Morgan fingerprint density at radius 3 is 2.19 bits per heavy atom. The van der Waals surface area contributed by atoms with Gasteiger partial charge < -0.3 is 16.0 Å². The van der Waals surface area contributed by atoms with Crippen LogP contribution in [0.15, 0.2) is 48.5 Å². The molecule has 0 aliphatic carbocycles. The summed E-state index contributed by atoms with van der Waals surface area (Å²) in [4.78, 5) is 23.4. The van der Waals surface area contributed by atoms with Crippen LogP contribution >= 0.6 is 0 Å². The predicted octanol–water partition coefficient (Wildman–Crippen LogP) is 2.63. The minimum atomic E-state index is -0.566. The second kappa shape index (κ2) is 10.1. The number of halogens is 2. The van der Waals surface area contributed by atoms with E-state index in [1.807, 2.05) is 0 Å². The molecule has 26 heavy (non-hydrogen) atoms. The molecule has 5 nitrogen and oxygen atoms in total. The Balaban J connectivity index is 1.55. The number of carbonyl (C=O) groups is 2. The fourth-order valence-electron chi connectivity index (χ4n) is 2.27. The van der Waals surface area contributed by atoms with Crippen molar-refractivity contribution in [1.29, 1.82) is 0 Å². The van der Waals surface area contributed by atoms with Crippen molar-refractivity contribution in [3.63, 3.8) is 0 Å². The summed E-state index contributed by atoms with van der Waals surface area (Å²) in [6.45, 7) is 1.13. The molecule has 7 heteroatoms. The summed E-state index contributed by atoms with van der Waals surface area (Å²) in [7, 11) is 0. The Morgan fingerprint density at radius 1 is 0.808 bits per heavy atom. The van der Waals surface area contributed by atoms with Gasteiger partial charge in [-0.25, -0.2) is 13.6 Å². The lowest BCUT2D eigenvalue weighted by Crippen LogP contribution is -2.38. The van der Waals surface area contributed by atoms with E-state index in [-0.39, 0.29) is 17.4 Å². The van der Waals surface area contributed by atoms with Gasteiger partial charge in [0.05, 0.1) is 5.56 Å². The quantitative estimate of drug-likeness (QED) is 0.633. The molecule has 0 fully saturated rings. The van der Waals surface area contributed by atoms with E-state index in [4.69, 9.17) is 0 Å². The molecule has 3 amide bonds. The average Bonchev–Trinajstić information content (AvgIpc) is 2.63. The number of urea groups is 1. The van der Waals surface area contributed by atoms with Crippen LogP contribution in [0.25, 0.3) is 0 Å². The summed E-state index contributed by atoms with van der Waals surface area (Å²) >= 11 is 0.